The number of halogens is 2. The fourth-order valence-electron chi connectivity index (χ4n) is 3.71. The first-order valence-electron chi connectivity index (χ1n) is 9.90. The average Bonchev–Trinajstić information content (AvgIpc) is 3.04. The average molecular weight is 457 g/mol. The van der Waals surface area contributed by atoms with Crippen molar-refractivity contribution >= 4 is 29.0 Å². The van der Waals surface area contributed by atoms with Gasteiger partial charge in [-0.2, -0.15) is 0 Å². The van der Waals surface area contributed by atoms with Crippen LogP contribution in [-0.4, -0.2) is 62.4 Å². The molecule has 2 heterocycles. The van der Waals surface area contributed by atoms with Crippen LogP contribution in [0.1, 0.15) is 25.3 Å². The summed E-state index contributed by atoms with van der Waals surface area (Å²) < 4.78 is 7.43. The Morgan fingerprint density at radius 2 is 1.93 bits per heavy atom. The summed E-state index contributed by atoms with van der Waals surface area (Å²) in [5.74, 6) is -0.327. The van der Waals surface area contributed by atoms with Gasteiger partial charge in [0.2, 0.25) is 0 Å². The second-order valence-corrected chi connectivity index (χ2v) is 8.75. The van der Waals surface area contributed by atoms with Crippen molar-refractivity contribution in [3.63, 3.8) is 0 Å². The monoisotopic (exact) mass is 456 g/mol. The second-order valence-electron chi connectivity index (χ2n) is 7.97. The maximum Gasteiger partial charge on any atom is 0.383 e. The minimum absolute atomic E-state index is 0.00484. The first-order chi connectivity index (χ1) is 14.2. The van der Waals surface area contributed by atoms with Crippen LogP contribution in [0, 0.1) is 10.1 Å². The van der Waals surface area contributed by atoms with E-state index in [1.54, 1.807) is 6.92 Å². The number of piperidine rings is 1. The third-order valence-corrected chi connectivity index (χ3v) is 5.72. The zero-order chi connectivity index (χ0) is 21.7. The summed E-state index contributed by atoms with van der Waals surface area (Å²) in [6.07, 6.45) is 4.10. The van der Waals surface area contributed by atoms with Crippen LogP contribution in [0.15, 0.2) is 30.5 Å². The van der Waals surface area contributed by atoms with Crippen LogP contribution in [0.2, 0.25) is 10.3 Å². The van der Waals surface area contributed by atoms with Gasteiger partial charge in [-0.25, -0.2) is 0 Å². The number of β-amino-alcohol motifs (C(OH)–C–C–N with tert-alkyl or cyclic N) is 1. The summed E-state index contributed by atoms with van der Waals surface area (Å²) in [4.78, 5) is 16.1. The molecule has 0 radical (unpaired) electrons. The first kappa shape index (κ1) is 23.0. The Hall–Kier alpha value is -1.71. The molecule has 164 valence electrons. The molecule has 1 aromatic carbocycles. The lowest BCUT2D eigenvalue weighted by molar-refractivity contribution is -0.389. The summed E-state index contributed by atoms with van der Waals surface area (Å²) in [6.45, 7) is 4.57. The Bertz CT molecular complexity index is 849. The van der Waals surface area contributed by atoms with Crippen molar-refractivity contribution in [3.8, 4) is 0 Å². The number of benzene rings is 1. The molecule has 3 rings (SSSR count). The lowest BCUT2D eigenvalue weighted by atomic mass is 10.0. The predicted octanol–water partition coefficient (Wildman–Crippen LogP) is 3.57. The quantitative estimate of drug-likeness (QED) is 0.457. The molecule has 0 aliphatic carbocycles. The second kappa shape index (κ2) is 10.1. The van der Waals surface area contributed by atoms with Crippen molar-refractivity contribution in [2.24, 2.45) is 0 Å². The molecule has 30 heavy (non-hydrogen) atoms. The van der Waals surface area contributed by atoms with Gasteiger partial charge in [0, 0.05) is 24.7 Å². The third-order valence-electron chi connectivity index (χ3n) is 5.17. The van der Waals surface area contributed by atoms with Gasteiger partial charge in [0.05, 0.1) is 24.9 Å². The largest absolute Gasteiger partial charge is 0.387 e. The predicted molar refractivity (Wildman–Crippen MR) is 115 cm³/mol. The van der Waals surface area contributed by atoms with E-state index in [9.17, 15) is 15.2 Å². The molecule has 1 N–H and O–H groups in total. The van der Waals surface area contributed by atoms with Crippen molar-refractivity contribution in [2.75, 3.05) is 26.2 Å². The van der Waals surface area contributed by atoms with E-state index in [-0.39, 0.29) is 23.8 Å². The highest BCUT2D eigenvalue weighted by Gasteiger charge is 2.30. The number of nitro groups is 1. The molecular weight excluding hydrogens is 431 g/mol. The van der Waals surface area contributed by atoms with Crippen molar-refractivity contribution in [1.29, 1.82) is 0 Å². The number of aromatic nitrogens is 2. The van der Waals surface area contributed by atoms with E-state index in [1.165, 1.54) is 16.3 Å². The Kier molecular flexibility index (Phi) is 7.70. The van der Waals surface area contributed by atoms with Crippen LogP contribution in [0.3, 0.4) is 0 Å². The summed E-state index contributed by atoms with van der Waals surface area (Å²) >= 11 is 11.9. The number of hydrogen-bond acceptors (Lipinski definition) is 6. The number of nitrogens with zero attached hydrogens (tertiary/aromatic N) is 4. The molecule has 1 atom stereocenters. The molecule has 1 saturated heterocycles. The fraction of sp³-hybridized carbons (Fsp3) is 0.550. The lowest BCUT2D eigenvalue weighted by Crippen LogP contribution is -2.47. The van der Waals surface area contributed by atoms with Gasteiger partial charge in [-0.3, -0.25) is 4.57 Å². The summed E-state index contributed by atoms with van der Waals surface area (Å²) in [6, 6.07) is 7.79. The maximum absolute atomic E-state index is 10.8. The SMILES string of the molecule is CC(O)(CN1CCC(OCCc2ccc(Cl)cc2)CC1)Cn1cc([N+](=O)[O-])nc1Cl. The van der Waals surface area contributed by atoms with E-state index in [4.69, 9.17) is 27.9 Å². The van der Waals surface area contributed by atoms with E-state index in [1.807, 2.05) is 24.3 Å². The highest BCUT2D eigenvalue weighted by Crippen LogP contribution is 2.22. The molecule has 8 nitrogen and oxygen atoms in total. The molecule has 0 amide bonds. The standard InChI is InChI=1S/C20H26Cl2N4O4/c1-20(27,14-25-12-18(26(28)29)23-19(25)22)13-24-9-6-17(7-10-24)30-11-8-15-2-4-16(21)5-3-15/h2-5,12,17,27H,6-11,13-14H2,1H3. The van der Waals surface area contributed by atoms with Crippen molar-refractivity contribution in [3.05, 3.63) is 56.4 Å². The van der Waals surface area contributed by atoms with Gasteiger partial charge < -0.3 is 24.9 Å². The summed E-state index contributed by atoms with van der Waals surface area (Å²) in [5.41, 5.74) is 0.104. The number of aliphatic hydroxyl groups is 1. The number of ether oxygens (including phenoxy) is 1. The molecule has 1 unspecified atom stereocenters. The van der Waals surface area contributed by atoms with Gasteiger partial charge in [0.1, 0.15) is 6.20 Å². The topological polar surface area (TPSA) is 93.7 Å². The van der Waals surface area contributed by atoms with E-state index in [2.05, 4.69) is 9.88 Å². The van der Waals surface area contributed by atoms with Gasteiger partial charge in [-0.1, -0.05) is 23.7 Å². The van der Waals surface area contributed by atoms with Crippen LogP contribution < -0.4 is 0 Å². The molecule has 0 saturated carbocycles. The van der Waals surface area contributed by atoms with Crippen LogP contribution >= 0.6 is 23.2 Å². The molecule has 1 fully saturated rings. The van der Waals surface area contributed by atoms with E-state index in [0.717, 1.165) is 37.4 Å². The molecule has 1 aliphatic rings. The van der Waals surface area contributed by atoms with Crippen LogP contribution in [0.4, 0.5) is 5.82 Å². The molecule has 1 aliphatic heterocycles. The zero-order valence-electron chi connectivity index (χ0n) is 16.8. The van der Waals surface area contributed by atoms with E-state index >= 15 is 0 Å². The Morgan fingerprint density at radius 3 is 2.53 bits per heavy atom. The highest BCUT2D eigenvalue weighted by molar-refractivity contribution is 6.30. The van der Waals surface area contributed by atoms with Gasteiger partial charge in [0.15, 0.2) is 0 Å². The molecule has 2 aromatic rings. The number of rotatable bonds is 9. The fourth-order valence-corrected chi connectivity index (χ4v) is 4.03. The summed E-state index contributed by atoms with van der Waals surface area (Å²) in [7, 11) is 0. The molecule has 1 aromatic heterocycles. The van der Waals surface area contributed by atoms with Crippen LogP contribution in [0.25, 0.3) is 0 Å². The summed E-state index contributed by atoms with van der Waals surface area (Å²) in [5, 5.41) is 22.3. The molecular formula is C20H26Cl2N4O4. The Balaban J connectivity index is 1.41. The van der Waals surface area contributed by atoms with E-state index in [0.29, 0.717) is 13.2 Å². The Labute approximate surface area is 185 Å². The maximum atomic E-state index is 10.8. The minimum Gasteiger partial charge on any atom is -0.387 e. The van der Waals surface area contributed by atoms with Crippen LogP contribution in [-0.2, 0) is 17.7 Å². The third kappa shape index (κ3) is 6.65. The first-order valence-corrected chi connectivity index (χ1v) is 10.7. The van der Waals surface area contributed by atoms with Gasteiger partial charge in [0.25, 0.3) is 0 Å². The zero-order valence-corrected chi connectivity index (χ0v) is 18.3. The Morgan fingerprint density at radius 1 is 1.27 bits per heavy atom. The lowest BCUT2D eigenvalue weighted by Gasteiger charge is -2.36. The van der Waals surface area contributed by atoms with Crippen molar-refractivity contribution in [1.82, 2.24) is 14.5 Å². The number of hydrogen-bond donors (Lipinski definition) is 1. The molecule has 0 bridgehead atoms. The van der Waals surface area contributed by atoms with E-state index < -0.39 is 10.5 Å². The van der Waals surface area contributed by atoms with Crippen molar-refractivity contribution < 1.29 is 14.8 Å². The molecule has 10 heteroatoms. The normalized spacial score (nSPS) is 17.7. The molecule has 0 spiro atoms. The number of imidazole rings is 1. The minimum atomic E-state index is -1.10. The smallest absolute Gasteiger partial charge is 0.383 e. The van der Waals surface area contributed by atoms with Gasteiger partial charge in [-0.15, -0.1) is 0 Å². The number of likely N-dealkylation sites (tertiary alicyclic amines) is 1. The van der Waals surface area contributed by atoms with Crippen molar-refractivity contribution in [2.45, 2.75) is 44.4 Å². The van der Waals surface area contributed by atoms with Gasteiger partial charge >= 0.3 is 11.1 Å². The van der Waals surface area contributed by atoms with Crippen LogP contribution in [0.5, 0.6) is 0 Å². The highest BCUT2D eigenvalue weighted by atomic mass is 35.5. The van der Waals surface area contributed by atoms with Gasteiger partial charge in [-0.05, 0) is 65.4 Å².